The van der Waals surface area contributed by atoms with E-state index >= 15 is 0 Å². The van der Waals surface area contributed by atoms with Crippen molar-refractivity contribution in [3.63, 3.8) is 0 Å². The van der Waals surface area contributed by atoms with Crippen LogP contribution in [0, 0.1) is 5.92 Å². The van der Waals surface area contributed by atoms with E-state index in [1.165, 1.54) is 0 Å². The molecule has 2 aromatic carbocycles. The van der Waals surface area contributed by atoms with E-state index < -0.39 is 5.91 Å². The highest BCUT2D eigenvalue weighted by atomic mass is 16.5. The molecule has 2 N–H and O–H groups in total. The first-order valence-corrected chi connectivity index (χ1v) is 9.81. The molecule has 2 heterocycles. The van der Waals surface area contributed by atoms with Gasteiger partial charge in [-0.1, -0.05) is 55.5 Å². The van der Waals surface area contributed by atoms with Crippen molar-refractivity contribution in [1.82, 2.24) is 15.5 Å². The number of nitrogens with zero attached hydrogens (tertiary/aromatic N) is 4. The van der Waals surface area contributed by atoms with Gasteiger partial charge in [-0.2, -0.15) is 0 Å². The summed E-state index contributed by atoms with van der Waals surface area (Å²) in [5.74, 6) is 0.258. The molecule has 0 spiro atoms. The van der Waals surface area contributed by atoms with Gasteiger partial charge in [0.15, 0.2) is 5.58 Å². The van der Waals surface area contributed by atoms with Crippen LogP contribution in [-0.2, 0) is 4.79 Å². The zero-order valence-electron chi connectivity index (χ0n) is 16.8. The van der Waals surface area contributed by atoms with Crippen molar-refractivity contribution in [1.29, 1.82) is 0 Å². The Morgan fingerprint density at radius 1 is 1.23 bits per heavy atom. The average Bonchev–Trinajstić information content (AvgIpc) is 3.39. The normalized spacial score (nSPS) is 16.0. The number of carbonyl (C=O) groups is 1. The number of aromatic nitrogens is 1. The molecule has 30 heavy (non-hydrogen) atoms. The van der Waals surface area contributed by atoms with Gasteiger partial charge in [0.1, 0.15) is 11.6 Å². The highest BCUT2D eigenvalue weighted by molar-refractivity contribution is 5.80. The molecular weight excluding hydrogens is 382 g/mol. The topological polar surface area (TPSA) is 103 Å². The van der Waals surface area contributed by atoms with Gasteiger partial charge < -0.3 is 4.42 Å². The Kier molecular flexibility index (Phi) is 5.58. The molecule has 8 heteroatoms. The molecule has 0 radical (unpaired) electrons. The van der Waals surface area contributed by atoms with Crippen LogP contribution in [0.2, 0.25) is 0 Å². The van der Waals surface area contributed by atoms with Crippen molar-refractivity contribution in [2.24, 2.45) is 16.3 Å². The van der Waals surface area contributed by atoms with Gasteiger partial charge in [0, 0.05) is 6.42 Å². The molecular formula is C22H23N5O3. The maximum Gasteiger partial charge on any atom is 0.247 e. The molecule has 1 amide bonds. The van der Waals surface area contributed by atoms with Gasteiger partial charge >= 0.3 is 0 Å². The van der Waals surface area contributed by atoms with E-state index in [1.807, 2.05) is 41.4 Å². The van der Waals surface area contributed by atoms with Gasteiger partial charge in [-0.3, -0.25) is 15.0 Å². The summed E-state index contributed by atoms with van der Waals surface area (Å²) >= 11 is 0. The lowest BCUT2D eigenvalue weighted by Crippen LogP contribution is -2.26. The lowest BCUT2D eigenvalue weighted by Gasteiger charge is -2.25. The Balaban J connectivity index is 1.59. The lowest BCUT2D eigenvalue weighted by molar-refractivity contribution is -0.128. The highest BCUT2D eigenvalue weighted by Crippen LogP contribution is 2.34. The highest BCUT2D eigenvalue weighted by Gasteiger charge is 2.31. The van der Waals surface area contributed by atoms with Crippen LogP contribution in [0.15, 0.2) is 75.1 Å². The van der Waals surface area contributed by atoms with Crippen LogP contribution in [0.25, 0.3) is 22.2 Å². The summed E-state index contributed by atoms with van der Waals surface area (Å²) in [5, 5.41) is 18.8. The molecule has 1 aliphatic rings. The largest absolute Gasteiger partial charge is 0.438 e. The SMILES string of the molecule is CC(C)C(c1nc2cc(-c3ccccc3)ccc2o1)N1C/C(=C/CC(=O)NO)N=N1. The number of benzene rings is 2. The summed E-state index contributed by atoms with van der Waals surface area (Å²) in [5.41, 5.74) is 5.99. The maximum absolute atomic E-state index is 11.2. The van der Waals surface area contributed by atoms with Gasteiger partial charge in [-0.05, 0) is 35.3 Å². The van der Waals surface area contributed by atoms with Crippen LogP contribution in [-0.4, -0.2) is 27.7 Å². The van der Waals surface area contributed by atoms with Gasteiger partial charge in [0.2, 0.25) is 11.8 Å². The zero-order valence-corrected chi connectivity index (χ0v) is 16.8. The van der Waals surface area contributed by atoms with Crippen molar-refractivity contribution >= 4 is 17.0 Å². The third-order valence-electron chi connectivity index (χ3n) is 4.98. The minimum absolute atomic E-state index is 0.0379. The maximum atomic E-state index is 11.2. The second kappa shape index (κ2) is 8.46. The van der Waals surface area contributed by atoms with Crippen molar-refractivity contribution in [2.75, 3.05) is 6.54 Å². The number of nitrogens with one attached hydrogen (secondary N) is 1. The second-order valence-electron chi connectivity index (χ2n) is 7.51. The number of hydroxylamine groups is 1. The molecule has 8 nitrogen and oxygen atoms in total. The number of amides is 1. The first-order chi connectivity index (χ1) is 14.5. The summed E-state index contributed by atoms with van der Waals surface area (Å²) in [7, 11) is 0. The minimum atomic E-state index is -0.496. The Hall–Kier alpha value is -3.52. The van der Waals surface area contributed by atoms with Gasteiger partial charge in [-0.15, -0.1) is 5.11 Å². The van der Waals surface area contributed by atoms with Crippen LogP contribution >= 0.6 is 0 Å². The van der Waals surface area contributed by atoms with Crippen LogP contribution < -0.4 is 5.48 Å². The predicted octanol–water partition coefficient (Wildman–Crippen LogP) is 4.65. The first-order valence-electron chi connectivity index (χ1n) is 9.81. The Labute approximate surface area is 173 Å². The molecule has 1 aliphatic heterocycles. The summed E-state index contributed by atoms with van der Waals surface area (Å²) in [6.07, 6.45) is 1.68. The Morgan fingerprint density at radius 2 is 2.03 bits per heavy atom. The molecule has 0 saturated heterocycles. The predicted molar refractivity (Wildman–Crippen MR) is 111 cm³/mol. The molecule has 0 saturated carbocycles. The van der Waals surface area contributed by atoms with E-state index in [4.69, 9.17) is 14.6 Å². The van der Waals surface area contributed by atoms with Crippen LogP contribution in [0.1, 0.15) is 32.2 Å². The number of fused-ring (bicyclic) bond motifs is 1. The molecule has 1 atom stereocenters. The van der Waals surface area contributed by atoms with Crippen LogP contribution in [0.4, 0.5) is 0 Å². The third kappa shape index (κ3) is 4.08. The average molecular weight is 405 g/mol. The second-order valence-corrected chi connectivity index (χ2v) is 7.51. The molecule has 4 rings (SSSR count). The summed E-state index contributed by atoms with van der Waals surface area (Å²) in [6.45, 7) is 4.59. The number of hydrogen-bond acceptors (Lipinski definition) is 7. The Morgan fingerprint density at radius 3 is 2.77 bits per heavy atom. The smallest absolute Gasteiger partial charge is 0.247 e. The number of oxazole rings is 1. The minimum Gasteiger partial charge on any atom is -0.438 e. The number of hydrogen-bond donors (Lipinski definition) is 2. The zero-order chi connectivity index (χ0) is 21.1. The van der Waals surface area contributed by atoms with Gasteiger partial charge in [0.05, 0.1) is 12.2 Å². The fourth-order valence-electron chi connectivity index (χ4n) is 3.50. The molecule has 0 bridgehead atoms. The standard InChI is InChI=1S/C22H23N5O3/c1-14(2)21(27-13-17(24-26-27)9-11-20(28)25-29)22-23-18-12-16(8-10-19(18)30-22)15-6-4-3-5-7-15/h3-10,12,14,21,29H,11,13H2,1-2H3,(H,25,28)/b17-9-. The van der Waals surface area contributed by atoms with E-state index in [-0.39, 0.29) is 18.4 Å². The van der Waals surface area contributed by atoms with Crippen LogP contribution in [0.3, 0.4) is 0 Å². The fourth-order valence-corrected chi connectivity index (χ4v) is 3.50. The van der Waals surface area contributed by atoms with E-state index in [0.717, 1.165) is 22.2 Å². The lowest BCUT2D eigenvalue weighted by atomic mass is 10.0. The quantitative estimate of drug-likeness (QED) is 0.459. The number of carbonyl (C=O) groups excluding carboxylic acids is 1. The van der Waals surface area contributed by atoms with E-state index in [0.29, 0.717) is 18.1 Å². The van der Waals surface area contributed by atoms with Crippen molar-refractivity contribution in [3.05, 3.63) is 66.2 Å². The Bertz CT molecular complexity index is 1100. The van der Waals surface area contributed by atoms with Crippen molar-refractivity contribution in [3.8, 4) is 11.1 Å². The summed E-state index contributed by atoms with van der Waals surface area (Å²) < 4.78 is 6.07. The van der Waals surface area contributed by atoms with Crippen LogP contribution in [0.5, 0.6) is 0 Å². The van der Waals surface area contributed by atoms with E-state index in [9.17, 15) is 4.79 Å². The molecule has 3 aromatic rings. The number of rotatable bonds is 6. The van der Waals surface area contributed by atoms with Crippen molar-refractivity contribution in [2.45, 2.75) is 26.3 Å². The molecule has 154 valence electrons. The molecule has 1 unspecified atom stereocenters. The van der Waals surface area contributed by atoms with Crippen molar-refractivity contribution < 1.29 is 14.4 Å². The van der Waals surface area contributed by atoms with Gasteiger partial charge in [0.25, 0.3) is 0 Å². The summed E-state index contributed by atoms with van der Waals surface area (Å²) in [6, 6.07) is 15.9. The van der Waals surface area contributed by atoms with E-state index in [2.05, 4.69) is 36.3 Å². The molecule has 1 aromatic heterocycles. The molecule has 0 fully saturated rings. The third-order valence-corrected chi connectivity index (χ3v) is 4.98. The monoisotopic (exact) mass is 405 g/mol. The first kappa shape index (κ1) is 19.8. The van der Waals surface area contributed by atoms with E-state index in [1.54, 1.807) is 11.6 Å². The molecule has 0 aliphatic carbocycles. The fraction of sp³-hybridized carbons (Fsp3) is 0.273. The summed E-state index contributed by atoms with van der Waals surface area (Å²) in [4.78, 5) is 16.0. The van der Waals surface area contributed by atoms with Gasteiger partial charge in [-0.25, -0.2) is 10.5 Å².